The van der Waals surface area contributed by atoms with Crippen LogP contribution in [0, 0.1) is 5.41 Å². The Hall–Kier alpha value is -1.10. The van der Waals surface area contributed by atoms with Crippen LogP contribution in [-0.4, -0.2) is 27.2 Å². The summed E-state index contributed by atoms with van der Waals surface area (Å²) in [4.78, 5) is 4.54. The highest BCUT2D eigenvalue weighted by molar-refractivity contribution is 8.14. The normalized spacial score (nSPS) is 19.7. The Morgan fingerprint density at radius 1 is 1.44 bits per heavy atom. The van der Waals surface area contributed by atoms with Gasteiger partial charge in [-0.1, -0.05) is 32.5 Å². The average molecular weight is 264 g/mol. The van der Waals surface area contributed by atoms with Crippen molar-refractivity contribution in [3.63, 3.8) is 0 Å². The number of rotatable bonds is 3. The Labute approximate surface area is 113 Å². The van der Waals surface area contributed by atoms with Crippen molar-refractivity contribution in [1.29, 1.82) is 0 Å². The maximum atomic E-state index is 4.54. The lowest BCUT2D eigenvalue weighted by atomic mass is 9.90. The summed E-state index contributed by atoms with van der Waals surface area (Å²) >= 11 is 1.85. The standard InChI is InChI=1S/C13H20N4S/c1-13(2,3)7-11-9-15-12(18-11)14-8-10-5-4-6-16-17-10/h4-6,11H,7-9H2,1-3H3,(H,14,15). The molecular weight excluding hydrogens is 244 g/mol. The second-order valence-corrected chi connectivity index (χ2v) is 7.01. The quantitative estimate of drug-likeness (QED) is 0.911. The highest BCUT2D eigenvalue weighted by atomic mass is 32.2. The molecule has 5 heteroatoms. The maximum Gasteiger partial charge on any atom is 0.157 e. The van der Waals surface area contributed by atoms with Gasteiger partial charge >= 0.3 is 0 Å². The molecule has 1 aromatic heterocycles. The Bertz CT molecular complexity index is 411. The predicted octanol–water partition coefficient (Wildman–Crippen LogP) is 2.47. The molecule has 0 fully saturated rings. The minimum atomic E-state index is 0.369. The first-order valence-corrected chi connectivity index (χ1v) is 7.12. The molecule has 1 N–H and O–H groups in total. The van der Waals surface area contributed by atoms with Gasteiger partial charge in [0, 0.05) is 11.4 Å². The number of hydrogen-bond donors (Lipinski definition) is 1. The summed E-state index contributed by atoms with van der Waals surface area (Å²) in [7, 11) is 0. The van der Waals surface area contributed by atoms with Crippen LogP contribution in [0.2, 0.25) is 0 Å². The predicted molar refractivity (Wildman–Crippen MR) is 76.6 cm³/mol. The molecule has 0 radical (unpaired) electrons. The highest BCUT2D eigenvalue weighted by Crippen LogP contribution is 2.31. The minimum absolute atomic E-state index is 0.369. The molecule has 1 aromatic rings. The lowest BCUT2D eigenvalue weighted by Crippen LogP contribution is -2.21. The zero-order valence-electron chi connectivity index (χ0n) is 11.2. The molecule has 0 aliphatic carbocycles. The molecule has 2 heterocycles. The van der Waals surface area contributed by atoms with E-state index in [0.717, 1.165) is 17.4 Å². The zero-order chi connectivity index (χ0) is 13.0. The van der Waals surface area contributed by atoms with Crippen LogP contribution in [0.3, 0.4) is 0 Å². The average Bonchev–Trinajstić information content (AvgIpc) is 2.73. The molecular formula is C13H20N4S. The summed E-state index contributed by atoms with van der Waals surface area (Å²) in [5, 5.41) is 12.9. The van der Waals surface area contributed by atoms with E-state index in [-0.39, 0.29) is 0 Å². The molecule has 0 spiro atoms. The summed E-state index contributed by atoms with van der Waals surface area (Å²) in [6, 6.07) is 3.86. The van der Waals surface area contributed by atoms with Crippen LogP contribution in [0.4, 0.5) is 0 Å². The zero-order valence-corrected chi connectivity index (χ0v) is 12.0. The van der Waals surface area contributed by atoms with Crippen LogP contribution in [0.5, 0.6) is 0 Å². The molecule has 0 saturated heterocycles. The first-order valence-electron chi connectivity index (χ1n) is 6.24. The van der Waals surface area contributed by atoms with Crippen LogP contribution in [0.15, 0.2) is 23.3 Å². The third kappa shape index (κ3) is 4.29. The van der Waals surface area contributed by atoms with Gasteiger partial charge < -0.3 is 5.32 Å². The molecule has 1 atom stereocenters. The minimum Gasteiger partial charge on any atom is -0.359 e. The SMILES string of the molecule is CC(C)(C)CC1CN=C(NCc2cccnn2)S1. The van der Waals surface area contributed by atoms with E-state index in [0.29, 0.717) is 17.2 Å². The van der Waals surface area contributed by atoms with E-state index in [1.165, 1.54) is 6.42 Å². The van der Waals surface area contributed by atoms with Crippen molar-refractivity contribution in [3.8, 4) is 0 Å². The molecule has 4 nitrogen and oxygen atoms in total. The van der Waals surface area contributed by atoms with Gasteiger partial charge in [-0.3, -0.25) is 4.99 Å². The maximum absolute atomic E-state index is 4.54. The molecule has 0 amide bonds. The number of nitrogens with one attached hydrogen (secondary N) is 1. The monoisotopic (exact) mass is 264 g/mol. The number of hydrogen-bond acceptors (Lipinski definition) is 5. The number of amidine groups is 1. The van der Waals surface area contributed by atoms with Crippen LogP contribution in [-0.2, 0) is 6.54 Å². The first-order chi connectivity index (χ1) is 8.53. The number of thioether (sulfide) groups is 1. The number of aliphatic imine (C=N–C) groups is 1. The fourth-order valence-corrected chi connectivity index (χ4v) is 3.25. The second kappa shape index (κ2) is 5.69. The molecule has 98 valence electrons. The van der Waals surface area contributed by atoms with E-state index in [1.54, 1.807) is 6.20 Å². The van der Waals surface area contributed by atoms with E-state index in [4.69, 9.17) is 0 Å². The van der Waals surface area contributed by atoms with E-state index in [1.807, 2.05) is 23.9 Å². The molecule has 0 aromatic carbocycles. The summed E-state index contributed by atoms with van der Waals surface area (Å²) in [5.74, 6) is 0. The van der Waals surface area contributed by atoms with Gasteiger partial charge in [0.25, 0.3) is 0 Å². The van der Waals surface area contributed by atoms with Gasteiger partial charge in [0.1, 0.15) is 0 Å². The highest BCUT2D eigenvalue weighted by Gasteiger charge is 2.24. The van der Waals surface area contributed by atoms with E-state index in [2.05, 4.69) is 41.3 Å². The lowest BCUT2D eigenvalue weighted by molar-refractivity contribution is 0.375. The number of nitrogens with zero attached hydrogens (tertiary/aromatic N) is 3. The van der Waals surface area contributed by atoms with E-state index < -0.39 is 0 Å². The van der Waals surface area contributed by atoms with Crippen LogP contribution >= 0.6 is 11.8 Å². The van der Waals surface area contributed by atoms with Crippen LogP contribution in [0.1, 0.15) is 32.9 Å². The van der Waals surface area contributed by atoms with Gasteiger partial charge in [0.05, 0.1) is 18.8 Å². The van der Waals surface area contributed by atoms with Gasteiger partial charge in [-0.15, -0.1) is 0 Å². The van der Waals surface area contributed by atoms with Crippen LogP contribution < -0.4 is 5.32 Å². The Morgan fingerprint density at radius 3 is 2.94 bits per heavy atom. The lowest BCUT2D eigenvalue weighted by Gasteiger charge is -2.21. The largest absolute Gasteiger partial charge is 0.359 e. The molecule has 0 bridgehead atoms. The third-order valence-electron chi connectivity index (χ3n) is 2.61. The van der Waals surface area contributed by atoms with Gasteiger partial charge in [-0.25, -0.2) is 0 Å². The fourth-order valence-electron chi connectivity index (χ4n) is 1.90. The van der Waals surface area contributed by atoms with Gasteiger partial charge in [0.2, 0.25) is 0 Å². The topological polar surface area (TPSA) is 50.2 Å². The van der Waals surface area contributed by atoms with Crippen molar-refractivity contribution in [1.82, 2.24) is 15.5 Å². The van der Waals surface area contributed by atoms with Crippen molar-refractivity contribution in [2.24, 2.45) is 10.4 Å². The van der Waals surface area contributed by atoms with E-state index >= 15 is 0 Å². The first kappa shape index (κ1) is 13.3. The van der Waals surface area contributed by atoms with Crippen LogP contribution in [0.25, 0.3) is 0 Å². The van der Waals surface area contributed by atoms with Crippen molar-refractivity contribution < 1.29 is 0 Å². The van der Waals surface area contributed by atoms with E-state index in [9.17, 15) is 0 Å². The molecule has 1 aliphatic rings. The Morgan fingerprint density at radius 2 is 2.28 bits per heavy atom. The summed E-state index contributed by atoms with van der Waals surface area (Å²) in [5.41, 5.74) is 1.31. The van der Waals surface area contributed by atoms with Gasteiger partial charge in [-0.05, 0) is 24.0 Å². The van der Waals surface area contributed by atoms with Crippen molar-refractivity contribution in [2.45, 2.75) is 39.0 Å². The van der Waals surface area contributed by atoms with Gasteiger partial charge in [-0.2, -0.15) is 10.2 Å². The summed E-state index contributed by atoms with van der Waals surface area (Å²) in [6.45, 7) is 8.45. The molecule has 0 saturated carbocycles. The number of aromatic nitrogens is 2. The smallest absolute Gasteiger partial charge is 0.157 e. The molecule has 1 unspecified atom stereocenters. The van der Waals surface area contributed by atoms with Crippen molar-refractivity contribution in [2.75, 3.05) is 6.54 Å². The Kier molecular flexibility index (Phi) is 4.22. The molecule has 18 heavy (non-hydrogen) atoms. The van der Waals surface area contributed by atoms with Gasteiger partial charge in [0.15, 0.2) is 5.17 Å². The Balaban J connectivity index is 1.76. The molecule has 2 rings (SSSR count). The summed E-state index contributed by atoms with van der Waals surface area (Å²) < 4.78 is 0. The third-order valence-corrected chi connectivity index (χ3v) is 3.75. The van der Waals surface area contributed by atoms with Crippen molar-refractivity contribution >= 4 is 16.9 Å². The molecule has 1 aliphatic heterocycles. The second-order valence-electron chi connectivity index (χ2n) is 5.72. The van der Waals surface area contributed by atoms with Crippen molar-refractivity contribution in [3.05, 3.63) is 24.0 Å². The fraction of sp³-hybridized carbons (Fsp3) is 0.615. The summed E-state index contributed by atoms with van der Waals surface area (Å²) in [6.07, 6.45) is 2.88.